The maximum Gasteiger partial charge on any atom is 0.267 e. The molecule has 1 fully saturated rings. The van der Waals surface area contributed by atoms with Crippen molar-refractivity contribution in [3.8, 4) is 5.75 Å². The van der Waals surface area contributed by atoms with Gasteiger partial charge in [0.2, 0.25) is 0 Å². The highest BCUT2D eigenvalue weighted by Gasteiger charge is 2.33. The fraction of sp³-hybridized carbons (Fsp3) is 0.0968. The molecule has 1 heterocycles. The molecular weight excluding hydrogens is 483 g/mol. The fourth-order valence-corrected chi connectivity index (χ4v) is 4.84. The van der Waals surface area contributed by atoms with Crippen LogP contribution >= 0.6 is 11.8 Å². The Labute approximate surface area is 220 Å². The first-order valence-electron chi connectivity index (χ1n) is 12.0. The van der Waals surface area contributed by atoms with Crippen molar-refractivity contribution in [2.75, 3.05) is 0 Å². The molecule has 1 aliphatic heterocycles. The Balaban J connectivity index is 1.32. The molecule has 1 aliphatic rings. The summed E-state index contributed by atoms with van der Waals surface area (Å²) >= 11 is 1.39. The monoisotopic (exact) mass is 508 g/mol. The minimum atomic E-state index is -0.287. The maximum atomic E-state index is 13.8. The van der Waals surface area contributed by atoms with E-state index in [2.05, 4.69) is 0 Å². The van der Waals surface area contributed by atoms with Crippen molar-refractivity contribution in [1.29, 1.82) is 0 Å². The molecule has 0 saturated carbocycles. The molecule has 6 heteroatoms. The second kappa shape index (κ2) is 11.7. The lowest BCUT2D eigenvalue weighted by Gasteiger charge is -2.15. The third-order valence-corrected chi connectivity index (χ3v) is 6.89. The number of thioether (sulfide) groups is 1. The summed E-state index contributed by atoms with van der Waals surface area (Å²) in [6.45, 7) is 1.11. The molecule has 1 saturated heterocycles. The summed E-state index contributed by atoms with van der Waals surface area (Å²) in [5, 5.41) is 0.689. The lowest BCUT2D eigenvalue weighted by Crippen LogP contribution is -2.28. The van der Waals surface area contributed by atoms with E-state index in [-0.39, 0.29) is 18.3 Å². The molecule has 184 valence electrons. The highest BCUT2D eigenvalue weighted by Crippen LogP contribution is 2.34. The lowest BCUT2D eigenvalue weighted by atomic mass is 10.2. The van der Waals surface area contributed by atoms with Crippen LogP contribution in [0.5, 0.6) is 5.75 Å². The van der Waals surface area contributed by atoms with E-state index in [1.807, 2.05) is 91.0 Å². The van der Waals surface area contributed by atoms with Crippen LogP contribution in [-0.2, 0) is 24.5 Å². The molecule has 0 aromatic heterocycles. The van der Waals surface area contributed by atoms with E-state index in [4.69, 9.17) is 9.73 Å². The van der Waals surface area contributed by atoms with E-state index in [9.17, 15) is 9.18 Å². The van der Waals surface area contributed by atoms with Crippen molar-refractivity contribution >= 4 is 28.9 Å². The highest BCUT2D eigenvalue weighted by atomic mass is 32.2. The van der Waals surface area contributed by atoms with Crippen LogP contribution in [0.2, 0.25) is 0 Å². The van der Waals surface area contributed by atoms with E-state index in [1.165, 1.54) is 17.8 Å². The minimum Gasteiger partial charge on any atom is -0.489 e. The largest absolute Gasteiger partial charge is 0.489 e. The molecule has 1 amide bonds. The number of amides is 1. The van der Waals surface area contributed by atoms with Gasteiger partial charge < -0.3 is 4.74 Å². The highest BCUT2D eigenvalue weighted by molar-refractivity contribution is 8.18. The van der Waals surface area contributed by atoms with E-state index in [0.717, 1.165) is 16.7 Å². The van der Waals surface area contributed by atoms with E-state index in [1.54, 1.807) is 23.1 Å². The van der Waals surface area contributed by atoms with Gasteiger partial charge in [-0.15, -0.1) is 0 Å². The molecule has 0 atom stereocenters. The Morgan fingerprint density at radius 1 is 0.811 bits per heavy atom. The van der Waals surface area contributed by atoms with Crippen LogP contribution in [0.4, 0.5) is 4.39 Å². The van der Waals surface area contributed by atoms with Crippen LogP contribution in [0, 0.1) is 5.82 Å². The van der Waals surface area contributed by atoms with Gasteiger partial charge in [-0.2, -0.15) is 0 Å². The molecule has 0 aliphatic carbocycles. The van der Waals surface area contributed by atoms with Crippen molar-refractivity contribution in [3.05, 3.63) is 142 Å². The number of hydrogen-bond donors (Lipinski definition) is 0. The summed E-state index contributed by atoms with van der Waals surface area (Å²) < 4.78 is 19.6. The number of benzene rings is 4. The van der Waals surface area contributed by atoms with Crippen molar-refractivity contribution in [2.45, 2.75) is 19.7 Å². The first kappa shape index (κ1) is 24.5. The number of rotatable bonds is 8. The molecular formula is C31H25FN2O2S. The van der Waals surface area contributed by atoms with Crippen LogP contribution in [0.15, 0.2) is 119 Å². The zero-order valence-electron chi connectivity index (χ0n) is 20.1. The van der Waals surface area contributed by atoms with Gasteiger partial charge in [0, 0.05) is 5.56 Å². The molecule has 0 radical (unpaired) electrons. The molecule has 5 rings (SSSR count). The first-order valence-corrected chi connectivity index (χ1v) is 12.8. The zero-order chi connectivity index (χ0) is 25.5. The third-order valence-electron chi connectivity index (χ3n) is 5.84. The normalized spacial score (nSPS) is 15.5. The SMILES string of the molecule is O=C1/C(=C\c2ccc(OCc3ccccc3F)cc2)SC(=NCc2ccccc2)N1Cc1ccccc1. The molecule has 4 aromatic rings. The van der Waals surface area contributed by atoms with Crippen LogP contribution in [0.3, 0.4) is 0 Å². The molecule has 0 N–H and O–H groups in total. The fourth-order valence-electron chi connectivity index (χ4n) is 3.86. The quantitative estimate of drug-likeness (QED) is 0.239. The number of nitrogens with zero attached hydrogens (tertiary/aromatic N) is 2. The van der Waals surface area contributed by atoms with Crippen LogP contribution < -0.4 is 4.74 Å². The summed E-state index contributed by atoms with van der Waals surface area (Å²) in [4.78, 5) is 20.5. The first-order chi connectivity index (χ1) is 18.2. The minimum absolute atomic E-state index is 0.0689. The summed E-state index contributed by atoms with van der Waals surface area (Å²) in [5.74, 6) is 0.276. The number of carbonyl (C=O) groups excluding carboxylic acids is 1. The predicted molar refractivity (Wildman–Crippen MR) is 147 cm³/mol. The summed E-state index contributed by atoms with van der Waals surface area (Å²) in [6.07, 6.45) is 1.87. The number of carbonyl (C=O) groups is 1. The molecule has 37 heavy (non-hydrogen) atoms. The van der Waals surface area contributed by atoms with Crippen molar-refractivity contribution in [3.63, 3.8) is 0 Å². The van der Waals surface area contributed by atoms with Gasteiger partial charge >= 0.3 is 0 Å². The Kier molecular flexibility index (Phi) is 7.77. The van der Waals surface area contributed by atoms with Crippen LogP contribution in [0.1, 0.15) is 22.3 Å². The summed E-state index contributed by atoms with van der Waals surface area (Å²) in [7, 11) is 0. The number of aliphatic imine (C=N–C) groups is 1. The van der Waals surface area contributed by atoms with Gasteiger partial charge in [-0.3, -0.25) is 14.7 Å². The van der Waals surface area contributed by atoms with Gasteiger partial charge in [-0.25, -0.2) is 4.39 Å². The number of ether oxygens (including phenoxy) is 1. The van der Waals surface area contributed by atoms with Crippen molar-refractivity contribution < 1.29 is 13.9 Å². The summed E-state index contributed by atoms with van der Waals surface area (Å²) in [6, 6.07) is 33.9. The van der Waals surface area contributed by atoms with Gasteiger partial charge in [0.25, 0.3) is 5.91 Å². The van der Waals surface area contributed by atoms with Gasteiger partial charge in [0.1, 0.15) is 18.2 Å². The lowest BCUT2D eigenvalue weighted by molar-refractivity contribution is -0.122. The van der Waals surface area contributed by atoms with Gasteiger partial charge in [-0.1, -0.05) is 91.0 Å². The van der Waals surface area contributed by atoms with Crippen molar-refractivity contribution in [2.24, 2.45) is 4.99 Å². The van der Waals surface area contributed by atoms with E-state index in [0.29, 0.717) is 34.5 Å². The van der Waals surface area contributed by atoms with E-state index >= 15 is 0 Å². The van der Waals surface area contributed by atoms with Crippen molar-refractivity contribution in [1.82, 2.24) is 4.90 Å². The van der Waals surface area contributed by atoms with Crippen LogP contribution in [-0.4, -0.2) is 16.0 Å². The smallest absolute Gasteiger partial charge is 0.267 e. The topological polar surface area (TPSA) is 41.9 Å². The Bertz CT molecular complexity index is 1420. The Morgan fingerprint density at radius 2 is 1.46 bits per heavy atom. The molecule has 0 bridgehead atoms. The van der Waals surface area contributed by atoms with E-state index < -0.39 is 0 Å². The molecule has 4 nitrogen and oxygen atoms in total. The van der Waals surface area contributed by atoms with Gasteiger partial charge in [-0.05, 0) is 52.7 Å². The number of hydrogen-bond acceptors (Lipinski definition) is 4. The second-order valence-corrected chi connectivity index (χ2v) is 9.53. The predicted octanol–water partition coefficient (Wildman–Crippen LogP) is 7.08. The zero-order valence-corrected chi connectivity index (χ0v) is 20.9. The Morgan fingerprint density at radius 3 is 2.16 bits per heavy atom. The summed E-state index contributed by atoms with van der Waals surface area (Å²) in [5.41, 5.74) is 3.51. The average molecular weight is 509 g/mol. The molecule has 0 spiro atoms. The Hall–Kier alpha value is -4.16. The number of amidine groups is 1. The second-order valence-electron chi connectivity index (χ2n) is 8.52. The maximum absolute atomic E-state index is 13.8. The number of halogens is 1. The van der Waals surface area contributed by atoms with Gasteiger partial charge in [0.15, 0.2) is 5.17 Å². The van der Waals surface area contributed by atoms with Gasteiger partial charge in [0.05, 0.1) is 18.0 Å². The third kappa shape index (κ3) is 6.35. The van der Waals surface area contributed by atoms with Crippen LogP contribution in [0.25, 0.3) is 6.08 Å². The standard InChI is InChI=1S/C31H25FN2O2S/c32-28-14-8-7-13-26(28)22-36-27-17-15-23(16-18-27)19-29-30(35)34(21-25-11-5-2-6-12-25)31(37-29)33-20-24-9-3-1-4-10-24/h1-19H,20-22H2/b29-19+,33-31?. The average Bonchev–Trinajstić information content (AvgIpc) is 3.22. The molecule has 0 unspecified atom stereocenters. The molecule has 4 aromatic carbocycles.